The molecular weight excluding hydrogens is 148 g/mol. The fourth-order valence-electron chi connectivity index (χ4n) is 0.827. The lowest BCUT2D eigenvalue weighted by atomic mass is 10.1. The molecule has 0 amide bonds. The number of nitrogens with zero attached hydrogens (tertiary/aromatic N) is 1. The van der Waals surface area contributed by atoms with Crippen LogP contribution in [0.3, 0.4) is 0 Å². The third-order valence-corrected chi connectivity index (χ3v) is 1.39. The zero-order chi connectivity index (χ0) is 7.56. The SMILES string of the molecule is CC(C)Cc1ncc(Cl)[nH]1. The van der Waals surface area contributed by atoms with Crippen molar-refractivity contribution >= 4 is 11.6 Å². The third kappa shape index (κ3) is 2.03. The van der Waals surface area contributed by atoms with Crippen LogP contribution in [0.2, 0.25) is 5.15 Å². The molecular formula is C7H11ClN2. The summed E-state index contributed by atoms with van der Waals surface area (Å²) in [5.74, 6) is 1.60. The third-order valence-electron chi connectivity index (χ3n) is 1.20. The molecule has 1 aromatic rings. The van der Waals surface area contributed by atoms with Gasteiger partial charge in [0.05, 0.1) is 6.20 Å². The van der Waals surface area contributed by atoms with Gasteiger partial charge in [0.25, 0.3) is 0 Å². The molecule has 0 bridgehead atoms. The lowest BCUT2D eigenvalue weighted by molar-refractivity contribution is 0.626. The second-order valence-electron chi connectivity index (χ2n) is 2.78. The molecule has 0 aliphatic rings. The minimum Gasteiger partial charge on any atom is -0.333 e. The van der Waals surface area contributed by atoms with Crippen molar-refractivity contribution in [1.82, 2.24) is 9.97 Å². The molecule has 0 aromatic carbocycles. The van der Waals surface area contributed by atoms with Gasteiger partial charge >= 0.3 is 0 Å². The quantitative estimate of drug-likeness (QED) is 0.703. The van der Waals surface area contributed by atoms with Gasteiger partial charge in [0.1, 0.15) is 11.0 Å². The Morgan fingerprint density at radius 1 is 1.70 bits per heavy atom. The zero-order valence-corrected chi connectivity index (χ0v) is 6.94. The molecule has 56 valence electrons. The summed E-state index contributed by atoms with van der Waals surface area (Å²) < 4.78 is 0. The number of imidazole rings is 1. The minimum atomic E-state index is 0.621. The van der Waals surface area contributed by atoms with E-state index in [1.807, 2.05) is 0 Å². The Bertz CT molecular complexity index is 205. The van der Waals surface area contributed by atoms with Gasteiger partial charge in [0.15, 0.2) is 0 Å². The Balaban J connectivity index is 2.58. The fraction of sp³-hybridized carbons (Fsp3) is 0.571. The Labute approximate surface area is 65.6 Å². The molecule has 10 heavy (non-hydrogen) atoms. The highest BCUT2D eigenvalue weighted by molar-refractivity contribution is 6.29. The Hall–Kier alpha value is -0.500. The first kappa shape index (κ1) is 7.61. The largest absolute Gasteiger partial charge is 0.333 e. The normalized spacial score (nSPS) is 10.8. The molecule has 0 saturated carbocycles. The molecule has 1 N–H and O–H groups in total. The standard InChI is InChI=1S/C7H11ClN2/c1-5(2)3-7-9-4-6(8)10-7/h4-5H,3H2,1-2H3,(H,9,10). The summed E-state index contributed by atoms with van der Waals surface area (Å²) >= 11 is 5.63. The zero-order valence-electron chi connectivity index (χ0n) is 6.19. The summed E-state index contributed by atoms with van der Waals surface area (Å²) in [4.78, 5) is 7.03. The number of aromatic amines is 1. The number of rotatable bonds is 2. The molecule has 0 unspecified atom stereocenters. The molecule has 1 rings (SSSR count). The van der Waals surface area contributed by atoms with Crippen LogP contribution in [0.25, 0.3) is 0 Å². The van der Waals surface area contributed by atoms with E-state index in [1.54, 1.807) is 6.20 Å². The van der Waals surface area contributed by atoms with Gasteiger partial charge < -0.3 is 4.98 Å². The Morgan fingerprint density at radius 3 is 2.80 bits per heavy atom. The Morgan fingerprint density at radius 2 is 2.40 bits per heavy atom. The first-order valence-corrected chi connectivity index (χ1v) is 3.75. The van der Waals surface area contributed by atoms with Crippen molar-refractivity contribution in [2.24, 2.45) is 5.92 Å². The van der Waals surface area contributed by atoms with Gasteiger partial charge in [-0.3, -0.25) is 0 Å². The first-order valence-electron chi connectivity index (χ1n) is 3.38. The number of nitrogens with one attached hydrogen (secondary N) is 1. The molecule has 1 heterocycles. The Kier molecular flexibility index (Phi) is 2.33. The molecule has 3 heteroatoms. The van der Waals surface area contributed by atoms with Crippen molar-refractivity contribution < 1.29 is 0 Å². The van der Waals surface area contributed by atoms with Crippen molar-refractivity contribution in [3.63, 3.8) is 0 Å². The van der Waals surface area contributed by atoms with Crippen molar-refractivity contribution in [3.8, 4) is 0 Å². The van der Waals surface area contributed by atoms with E-state index >= 15 is 0 Å². The summed E-state index contributed by atoms with van der Waals surface area (Å²) in [6, 6.07) is 0. The molecule has 0 fully saturated rings. The maximum atomic E-state index is 5.63. The van der Waals surface area contributed by atoms with Crippen LogP contribution < -0.4 is 0 Å². The minimum absolute atomic E-state index is 0.621. The summed E-state index contributed by atoms with van der Waals surface area (Å²) in [6.07, 6.45) is 2.60. The van der Waals surface area contributed by atoms with Gasteiger partial charge in [0, 0.05) is 6.42 Å². The first-order chi connectivity index (χ1) is 4.68. The second-order valence-corrected chi connectivity index (χ2v) is 3.18. The van der Waals surface area contributed by atoms with Crippen molar-refractivity contribution in [3.05, 3.63) is 17.2 Å². The molecule has 0 saturated heterocycles. The summed E-state index contributed by atoms with van der Waals surface area (Å²) in [6.45, 7) is 4.30. The highest BCUT2D eigenvalue weighted by Crippen LogP contribution is 2.07. The molecule has 0 aliphatic heterocycles. The van der Waals surface area contributed by atoms with Crippen molar-refractivity contribution in [2.75, 3.05) is 0 Å². The smallest absolute Gasteiger partial charge is 0.126 e. The fourth-order valence-corrected chi connectivity index (χ4v) is 0.985. The maximum Gasteiger partial charge on any atom is 0.126 e. The van der Waals surface area contributed by atoms with Crippen molar-refractivity contribution in [1.29, 1.82) is 0 Å². The van der Waals surface area contributed by atoms with Crippen LogP contribution in [0.4, 0.5) is 0 Å². The van der Waals surface area contributed by atoms with E-state index in [2.05, 4.69) is 23.8 Å². The van der Waals surface area contributed by atoms with Crippen LogP contribution in [0.15, 0.2) is 6.20 Å². The number of halogens is 1. The van der Waals surface area contributed by atoms with Gasteiger partial charge in [-0.25, -0.2) is 4.98 Å². The van der Waals surface area contributed by atoms with Crippen LogP contribution in [0.5, 0.6) is 0 Å². The van der Waals surface area contributed by atoms with Crippen LogP contribution in [0, 0.1) is 5.92 Å². The van der Waals surface area contributed by atoms with E-state index in [-0.39, 0.29) is 0 Å². The van der Waals surface area contributed by atoms with E-state index in [1.165, 1.54) is 0 Å². The molecule has 1 aromatic heterocycles. The lowest BCUT2D eigenvalue weighted by Gasteiger charge is -1.98. The number of aromatic nitrogens is 2. The van der Waals surface area contributed by atoms with Gasteiger partial charge in [-0.1, -0.05) is 25.4 Å². The van der Waals surface area contributed by atoms with Gasteiger partial charge in [-0.05, 0) is 5.92 Å². The number of hydrogen-bond acceptors (Lipinski definition) is 1. The molecule has 2 nitrogen and oxygen atoms in total. The van der Waals surface area contributed by atoms with Gasteiger partial charge in [0.2, 0.25) is 0 Å². The highest BCUT2D eigenvalue weighted by Gasteiger charge is 2.00. The van der Waals surface area contributed by atoms with Crippen LogP contribution in [-0.4, -0.2) is 9.97 Å². The molecule has 0 spiro atoms. The van der Waals surface area contributed by atoms with E-state index in [4.69, 9.17) is 11.6 Å². The van der Waals surface area contributed by atoms with Crippen molar-refractivity contribution in [2.45, 2.75) is 20.3 Å². The average Bonchev–Trinajstić information content (AvgIpc) is 2.13. The summed E-state index contributed by atoms with van der Waals surface area (Å²) in [5, 5.41) is 0.621. The van der Waals surface area contributed by atoms with E-state index in [9.17, 15) is 0 Å². The topological polar surface area (TPSA) is 28.7 Å². The molecule has 0 aliphatic carbocycles. The maximum absolute atomic E-state index is 5.63. The van der Waals surface area contributed by atoms with Crippen LogP contribution in [-0.2, 0) is 6.42 Å². The van der Waals surface area contributed by atoms with Gasteiger partial charge in [-0.15, -0.1) is 0 Å². The molecule has 0 atom stereocenters. The second kappa shape index (κ2) is 3.06. The highest BCUT2D eigenvalue weighted by atomic mass is 35.5. The van der Waals surface area contributed by atoms with Crippen LogP contribution in [0.1, 0.15) is 19.7 Å². The van der Waals surface area contributed by atoms with E-state index < -0.39 is 0 Å². The summed E-state index contributed by atoms with van der Waals surface area (Å²) in [7, 11) is 0. The summed E-state index contributed by atoms with van der Waals surface area (Å²) in [5.41, 5.74) is 0. The predicted octanol–water partition coefficient (Wildman–Crippen LogP) is 2.26. The number of hydrogen-bond donors (Lipinski definition) is 1. The number of H-pyrrole nitrogens is 1. The van der Waals surface area contributed by atoms with E-state index in [0.29, 0.717) is 11.1 Å². The van der Waals surface area contributed by atoms with Gasteiger partial charge in [-0.2, -0.15) is 0 Å². The van der Waals surface area contributed by atoms with Crippen LogP contribution >= 0.6 is 11.6 Å². The monoisotopic (exact) mass is 158 g/mol. The molecule has 0 radical (unpaired) electrons. The average molecular weight is 159 g/mol. The van der Waals surface area contributed by atoms with E-state index in [0.717, 1.165) is 12.2 Å². The lowest BCUT2D eigenvalue weighted by Crippen LogP contribution is -1.95. The predicted molar refractivity (Wildman–Crippen MR) is 42.1 cm³/mol.